The van der Waals surface area contributed by atoms with Crippen LogP contribution in [-0.2, 0) is 13.0 Å². The summed E-state index contributed by atoms with van der Waals surface area (Å²) in [4.78, 5) is 4.21. The summed E-state index contributed by atoms with van der Waals surface area (Å²) in [5.41, 5.74) is 2.57. The highest BCUT2D eigenvalue weighted by molar-refractivity contribution is 5.17. The molecule has 2 aromatic rings. The Balaban J connectivity index is 1.73. The van der Waals surface area contributed by atoms with Gasteiger partial charge in [-0.05, 0) is 30.9 Å². The number of nitrogens with one attached hydrogen (secondary N) is 1. The van der Waals surface area contributed by atoms with Crippen molar-refractivity contribution < 1.29 is 4.74 Å². The van der Waals surface area contributed by atoms with Crippen LogP contribution in [0.2, 0.25) is 0 Å². The van der Waals surface area contributed by atoms with Crippen molar-refractivity contribution in [1.29, 1.82) is 0 Å². The first kappa shape index (κ1) is 14.5. The standard InChI is InChI=1S/C17H22N2O/c1-14(8-9-15-6-4-3-5-7-15)18-12-16-10-11-17(20-2)19-13-16/h3-7,10-11,13-14,18H,8-9,12H2,1-2H3. The maximum atomic E-state index is 5.05. The smallest absolute Gasteiger partial charge is 0.212 e. The van der Waals surface area contributed by atoms with Crippen molar-refractivity contribution in [2.24, 2.45) is 0 Å². The molecule has 2 rings (SSSR count). The van der Waals surface area contributed by atoms with Crippen LogP contribution in [0.4, 0.5) is 0 Å². The van der Waals surface area contributed by atoms with Gasteiger partial charge in [0.15, 0.2) is 0 Å². The number of aryl methyl sites for hydroxylation is 1. The Hall–Kier alpha value is -1.87. The van der Waals surface area contributed by atoms with Crippen molar-refractivity contribution >= 4 is 0 Å². The Morgan fingerprint density at radius 3 is 2.55 bits per heavy atom. The van der Waals surface area contributed by atoms with Crippen LogP contribution in [0.3, 0.4) is 0 Å². The normalized spacial score (nSPS) is 12.1. The van der Waals surface area contributed by atoms with Gasteiger partial charge in [0.2, 0.25) is 5.88 Å². The van der Waals surface area contributed by atoms with E-state index in [0.29, 0.717) is 11.9 Å². The van der Waals surface area contributed by atoms with Gasteiger partial charge in [0.1, 0.15) is 0 Å². The van der Waals surface area contributed by atoms with Crippen LogP contribution in [0, 0.1) is 0 Å². The summed E-state index contributed by atoms with van der Waals surface area (Å²) < 4.78 is 5.05. The van der Waals surface area contributed by atoms with E-state index >= 15 is 0 Å². The average molecular weight is 270 g/mol. The molecule has 0 amide bonds. The van der Waals surface area contributed by atoms with Crippen molar-refractivity contribution in [3.63, 3.8) is 0 Å². The molecule has 106 valence electrons. The van der Waals surface area contributed by atoms with Crippen LogP contribution in [0.1, 0.15) is 24.5 Å². The second kappa shape index (κ2) is 7.65. The van der Waals surface area contributed by atoms with E-state index in [4.69, 9.17) is 4.74 Å². The molecule has 0 saturated heterocycles. The van der Waals surface area contributed by atoms with Crippen molar-refractivity contribution in [2.45, 2.75) is 32.4 Å². The molecular weight excluding hydrogens is 248 g/mol. The number of hydrogen-bond acceptors (Lipinski definition) is 3. The molecule has 3 heteroatoms. The van der Waals surface area contributed by atoms with Gasteiger partial charge in [0, 0.05) is 24.8 Å². The van der Waals surface area contributed by atoms with Crippen LogP contribution in [0.5, 0.6) is 5.88 Å². The van der Waals surface area contributed by atoms with Crippen LogP contribution >= 0.6 is 0 Å². The summed E-state index contributed by atoms with van der Waals surface area (Å²) in [6, 6.07) is 15.0. The van der Waals surface area contributed by atoms with E-state index in [2.05, 4.69) is 47.6 Å². The Labute approximate surface area is 121 Å². The predicted octanol–water partition coefficient (Wildman–Crippen LogP) is 3.20. The molecule has 0 fully saturated rings. The summed E-state index contributed by atoms with van der Waals surface area (Å²) in [5, 5.41) is 3.53. The number of rotatable bonds is 7. The third-order valence-corrected chi connectivity index (χ3v) is 3.37. The highest BCUT2D eigenvalue weighted by Gasteiger charge is 2.03. The fourth-order valence-electron chi connectivity index (χ4n) is 2.06. The number of nitrogens with zero attached hydrogens (tertiary/aromatic N) is 1. The van der Waals surface area contributed by atoms with E-state index < -0.39 is 0 Å². The molecule has 1 aromatic heterocycles. The van der Waals surface area contributed by atoms with Gasteiger partial charge in [0.25, 0.3) is 0 Å². The van der Waals surface area contributed by atoms with Crippen molar-refractivity contribution in [3.05, 3.63) is 59.8 Å². The van der Waals surface area contributed by atoms with E-state index in [1.165, 1.54) is 11.1 Å². The second-order valence-corrected chi connectivity index (χ2v) is 5.02. The minimum absolute atomic E-state index is 0.484. The Morgan fingerprint density at radius 2 is 1.90 bits per heavy atom. The predicted molar refractivity (Wildman–Crippen MR) is 81.9 cm³/mol. The maximum Gasteiger partial charge on any atom is 0.212 e. The molecule has 0 aliphatic heterocycles. The monoisotopic (exact) mass is 270 g/mol. The van der Waals surface area contributed by atoms with Crippen molar-refractivity contribution in [3.8, 4) is 5.88 Å². The molecule has 1 atom stereocenters. The summed E-state index contributed by atoms with van der Waals surface area (Å²) >= 11 is 0. The number of benzene rings is 1. The fourth-order valence-corrected chi connectivity index (χ4v) is 2.06. The molecule has 1 aromatic carbocycles. The topological polar surface area (TPSA) is 34.1 Å². The second-order valence-electron chi connectivity index (χ2n) is 5.02. The third-order valence-electron chi connectivity index (χ3n) is 3.37. The van der Waals surface area contributed by atoms with Crippen molar-refractivity contribution in [2.75, 3.05) is 7.11 Å². The van der Waals surface area contributed by atoms with Crippen molar-refractivity contribution in [1.82, 2.24) is 10.3 Å². The molecule has 3 nitrogen and oxygen atoms in total. The largest absolute Gasteiger partial charge is 0.481 e. The van der Waals surface area contributed by atoms with Gasteiger partial charge in [-0.2, -0.15) is 0 Å². The fraction of sp³-hybridized carbons (Fsp3) is 0.353. The highest BCUT2D eigenvalue weighted by Crippen LogP contribution is 2.08. The first-order valence-electron chi connectivity index (χ1n) is 7.04. The number of methoxy groups -OCH3 is 1. The summed E-state index contributed by atoms with van der Waals surface area (Å²) in [6.45, 7) is 3.06. The molecule has 1 unspecified atom stereocenters. The van der Waals surface area contributed by atoms with Gasteiger partial charge < -0.3 is 10.1 Å². The Morgan fingerprint density at radius 1 is 1.10 bits per heavy atom. The van der Waals surface area contributed by atoms with Gasteiger partial charge >= 0.3 is 0 Å². The molecule has 20 heavy (non-hydrogen) atoms. The molecule has 0 saturated carbocycles. The molecule has 0 bridgehead atoms. The lowest BCUT2D eigenvalue weighted by molar-refractivity contribution is 0.397. The molecular formula is C17H22N2O. The molecule has 0 radical (unpaired) electrons. The summed E-state index contributed by atoms with van der Waals surface area (Å²) in [5.74, 6) is 0.658. The van der Waals surface area contributed by atoms with E-state index in [9.17, 15) is 0 Å². The number of hydrogen-bond donors (Lipinski definition) is 1. The molecule has 1 N–H and O–H groups in total. The first-order chi connectivity index (χ1) is 9.78. The van der Waals surface area contributed by atoms with E-state index in [0.717, 1.165) is 19.4 Å². The molecule has 1 heterocycles. The number of pyridine rings is 1. The van der Waals surface area contributed by atoms with E-state index in [-0.39, 0.29) is 0 Å². The minimum Gasteiger partial charge on any atom is -0.481 e. The van der Waals surface area contributed by atoms with Gasteiger partial charge in [-0.15, -0.1) is 0 Å². The van der Waals surface area contributed by atoms with Gasteiger partial charge in [-0.3, -0.25) is 0 Å². The van der Waals surface area contributed by atoms with E-state index in [1.54, 1.807) is 7.11 Å². The molecule has 0 spiro atoms. The van der Waals surface area contributed by atoms with Crippen LogP contribution in [0.15, 0.2) is 48.7 Å². The van der Waals surface area contributed by atoms with Crippen LogP contribution in [-0.4, -0.2) is 18.1 Å². The lowest BCUT2D eigenvalue weighted by Crippen LogP contribution is -2.26. The Kier molecular flexibility index (Phi) is 5.56. The summed E-state index contributed by atoms with van der Waals surface area (Å²) in [6.07, 6.45) is 4.10. The average Bonchev–Trinajstić information content (AvgIpc) is 2.52. The highest BCUT2D eigenvalue weighted by atomic mass is 16.5. The molecule has 0 aliphatic carbocycles. The van der Waals surface area contributed by atoms with Gasteiger partial charge in [-0.25, -0.2) is 4.98 Å². The van der Waals surface area contributed by atoms with Crippen LogP contribution < -0.4 is 10.1 Å². The zero-order valence-electron chi connectivity index (χ0n) is 12.2. The lowest BCUT2D eigenvalue weighted by atomic mass is 10.1. The SMILES string of the molecule is COc1ccc(CNC(C)CCc2ccccc2)cn1. The first-order valence-corrected chi connectivity index (χ1v) is 7.04. The Bertz CT molecular complexity index is 496. The lowest BCUT2D eigenvalue weighted by Gasteiger charge is -2.13. The van der Waals surface area contributed by atoms with Gasteiger partial charge in [-0.1, -0.05) is 36.4 Å². The number of aromatic nitrogens is 1. The summed E-state index contributed by atoms with van der Waals surface area (Å²) in [7, 11) is 1.63. The van der Waals surface area contributed by atoms with E-state index in [1.807, 2.05) is 18.3 Å². The quantitative estimate of drug-likeness (QED) is 0.839. The third kappa shape index (κ3) is 4.67. The van der Waals surface area contributed by atoms with Gasteiger partial charge in [0.05, 0.1) is 7.11 Å². The zero-order valence-corrected chi connectivity index (χ0v) is 12.2. The minimum atomic E-state index is 0.484. The van der Waals surface area contributed by atoms with Crippen LogP contribution in [0.25, 0.3) is 0 Å². The number of ether oxygens (including phenoxy) is 1. The zero-order chi connectivity index (χ0) is 14.2. The maximum absolute atomic E-state index is 5.05. The molecule has 0 aliphatic rings.